The number of ether oxygens (including phenoxy) is 1. The fourth-order valence-corrected chi connectivity index (χ4v) is 1.86. The second-order valence-electron chi connectivity index (χ2n) is 3.76. The maximum atomic E-state index is 12.9. The van der Waals surface area contributed by atoms with E-state index in [0.29, 0.717) is 0 Å². The summed E-state index contributed by atoms with van der Waals surface area (Å²) in [7, 11) is 0. The van der Waals surface area contributed by atoms with Gasteiger partial charge in [-0.15, -0.1) is 0 Å². The number of hydrogen-bond donors (Lipinski definition) is 0. The lowest BCUT2D eigenvalue weighted by Gasteiger charge is -2.10. The molecule has 0 saturated heterocycles. The minimum atomic E-state index is -4.61. The van der Waals surface area contributed by atoms with Gasteiger partial charge in [-0.25, -0.2) is 14.8 Å². The first-order chi connectivity index (χ1) is 9.34. The van der Waals surface area contributed by atoms with Crippen molar-refractivity contribution >= 4 is 28.5 Å². The fraction of sp³-hybridized carbons (Fsp3) is 0.250. The average molecular weight is 305 g/mol. The van der Waals surface area contributed by atoms with Crippen LogP contribution in [0.25, 0.3) is 10.9 Å². The largest absolute Gasteiger partial charge is 0.460 e. The SMILES string of the molecule is CCOC(=O)c1nc(Cl)c2cccc(C(F)(F)F)c2n1. The summed E-state index contributed by atoms with van der Waals surface area (Å²) in [6.07, 6.45) is -4.61. The Hall–Kier alpha value is -1.89. The molecule has 1 heterocycles. The summed E-state index contributed by atoms with van der Waals surface area (Å²) in [5, 5.41) is -0.210. The maximum Gasteiger partial charge on any atom is 0.418 e. The van der Waals surface area contributed by atoms with Crippen LogP contribution in [-0.2, 0) is 10.9 Å². The van der Waals surface area contributed by atoms with Crippen LogP contribution >= 0.6 is 11.6 Å². The maximum absolute atomic E-state index is 12.9. The molecule has 0 unspecified atom stereocenters. The van der Waals surface area contributed by atoms with E-state index in [1.165, 1.54) is 12.1 Å². The molecule has 0 radical (unpaired) electrons. The van der Waals surface area contributed by atoms with Gasteiger partial charge in [0.25, 0.3) is 0 Å². The Morgan fingerprint density at radius 1 is 1.35 bits per heavy atom. The van der Waals surface area contributed by atoms with Gasteiger partial charge in [0.15, 0.2) is 0 Å². The highest BCUT2D eigenvalue weighted by atomic mass is 35.5. The first-order valence-electron chi connectivity index (χ1n) is 5.55. The number of rotatable bonds is 2. The number of benzene rings is 1. The van der Waals surface area contributed by atoms with Crippen molar-refractivity contribution in [2.24, 2.45) is 0 Å². The van der Waals surface area contributed by atoms with E-state index in [2.05, 4.69) is 14.7 Å². The summed E-state index contributed by atoms with van der Waals surface area (Å²) >= 11 is 5.80. The molecule has 106 valence electrons. The molecule has 8 heteroatoms. The van der Waals surface area contributed by atoms with Gasteiger partial charge in [-0.05, 0) is 19.1 Å². The van der Waals surface area contributed by atoms with E-state index < -0.39 is 29.1 Å². The molecule has 0 aliphatic carbocycles. The van der Waals surface area contributed by atoms with E-state index >= 15 is 0 Å². The van der Waals surface area contributed by atoms with Crippen LogP contribution in [0, 0.1) is 0 Å². The van der Waals surface area contributed by atoms with Gasteiger partial charge in [0, 0.05) is 5.39 Å². The third-order valence-electron chi connectivity index (χ3n) is 2.44. The van der Waals surface area contributed by atoms with Crippen LogP contribution in [0.2, 0.25) is 5.15 Å². The average Bonchev–Trinajstić information content (AvgIpc) is 2.37. The number of nitrogens with zero attached hydrogens (tertiary/aromatic N) is 2. The third kappa shape index (κ3) is 2.67. The Kier molecular flexibility index (Phi) is 3.80. The number of carbonyl (C=O) groups is 1. The minimum Gasteiger partial charge on any atom is -0.460 e. The number of aromatic nitrogens is 2. The monoisotopic (exact) mass is 304 g/mol. The topological polar surface area (TPSA) is 52.1 Å². The Morgan fingerprint density at radius 3 is 2.65 bits per heavy atom. The number of halogens is 4. The normalized spacial score (nSPS) is 11.7. The highest BCUT2D eigenvalue weighted by Crippen LogP contribution is 2.35. The zero-order valence-electron chi connectivity index (χ0n) is 10.2. The fourth-order valence-electron chi connectivity index (χ4n) is 1.63. The minimum absolute atomic E-state index is 0.0227. The number of para-hydroxylation sites is 1. The lowest BCUT2D eigenvalue weighted by Crippen LogP contribution is -2.12. The van der Waals surface area contributed by atoms with Gasteiger partial charge in [-0.1, -0.05) is 17.7 Å². The van der Waals surface area contributed by atoms with Crippen molar-refractivity contribution in [3.8, 4) is 0 Å². The number of esters is 1. The second-order valence-corrected chi connectivity index (χ2v) is 4.12. The molecule has 0 spiro atoms. The third-order valence-corrected chi connectivity index (χ3v) is 2.73. The van der Waals surface area contributed by atoms with E-state index in [4.69, 9.17) is 11.6 Å². The van der Waals surface area contributed by atoms with Crippen LogP contribution in [0.3, 0.4) is 0 Å². The zero-order valence-corrected chi connectivity index (χ0v) is 10.9. The molecule has 0 fully saturated rings. The first-order valence-corrected chi connectivity index (χ1v) is 5.93. The number of carbonyl (C=O) groups excluding carboxylic acids is 1. The van der Waals surface area contributed by atoms with Crippen LogP contribution in [0.15, 0.2) is 18.2 Å². The zero-order chi connectivity index (χ0) is 14.9. The highest BCUT2D eigenvalue weighted by Gasteiger charge is 2.34. The number of alkyl halides is 3. The van der Waals surface area contributed by atoms with Gasteiger partial charge in [0.1, 0.15) is 5.15 Å². The quantitative estimate of drug-likeness (QED) is 0.629. The van der Waals surface area contributed by atoms with Gasteiger partial charge in [0.2, 0.25) is 5.82 Å². The van der Waals surface area contributed by atoms with Crippen molar-refractivity contribution in [2.75, 3.05) is 6.61 Å². The van der Waals surface area contributed by atoms with E-state index in [0.717, 1.165) is 6.07 Å². The molecule has 2 aromatic rings. The van der Waals surface area contributed by atoms with Crippen molar-refractivity contribution in [3.63, 3.8) is 0 Å². The molecule has 0 aliphatic heterocycles. The van der Waals surface area contributed by atoms with Crippen molar-refractivity contribution in [2.45, 2.75) is 13.1 Å². The van der Waals surface area contributed by atoms with Crippen molar-refractivity contribution < 1.29 is 22.7 Å². The van der Waals surface area contributed by atoms with Crippen molar-refractivity contribution in [1.29, 1.82) is 0 Å². The van der Waals surface area contributed by atoms with E-state index in [1.807, 2.05) is 0 Å². The van der Waals surface area contributed by atoms with Crippen molar-refractivity contribution in [3.05, 3.63) is 34.7 Å². The molecule has 1 aromatic heterocycles. The molecular weight excluding hydrogens is 297 g/mol. The van der Waals surface area contributed by atoms with E-state index in [-0.39, 0.29) is 17.1 Å². The van der Waals surface area contributed by atoms with Crippen LogP contribution in [-0.4, -0.2) is 22.5 Å². The standard InChI is InChI=1S/C12H8ClF3N2O2/c1-2-20-11(19)10-17-8-6(9(13)18-10)4-3-5-7(8)12(14,15)16/h3-5H,2H2,1H3. The molecule has 0 aliphatic rings. The molecule has 0 atom stereocenters. The highest BCUT2D eigenvalue weighted by molar-refractivity contribution is 6.34. The molecule has 2 rings (SSSR count). The first kappa shape index (κ1) is 14.5. The van der Waals surface area contributed by atoms with Crippen LogP contribution in [0.4, 0.5) is 13.2 Å². The molecule has 20 heavy (non-hydrogen) atoms. The molecule has 1 aromatic carbocycles. The Morgan fingerprint density at radius 2 is 2.05 bits per heavy atom. The van der Waals surface area contributed by atoms with E-state index in [9.17, 15) is 18.0 Å². The smallest absolute Gasteiger partial charge is 0.418 e. The van der Waals surface area contributed by atoms with Crippen LogP contribution < -0.4 is 0 Å². The summed E-state index contributed by atoms with van der Waals surface area (Å²) in [5.74, 6) is -1.42. The van der Waals surface area contributed by atoms with Gasteiger partial charge in [0.05, 0.1) is 17.7 Å². The molecule has 0 N–H and O–H groups in total. The van der Waals surface area contributed by atoms with Gasteiger partial charge in [-0.3, -0.25) is 0 Å². The van der Waals surface area contributed by atoms with Crippen LogP contribution in [0.5, 0.6) is 0 Å². The number of fused-ring (bicyclic) bond motifs is 1. The molecule has 0 amide bonds. The summed E-state index contributed by atoms with van der Waals surface area (Å²) < 4.78 is 43.4. The number of hydrogen-bond acceptors (Lipinski definition) is 4. The Bertz CT molecular complexity index is 674. The summed E-state index contributed by atoms with van der Waals surface area (Å²) in [4.78, 5) is 18.8. The van der Waals surface area contributed by atoms with E-state index in [1.54, 1.807) is 6.92 Å². The predicted octanol–water partition coefficient (Wildman–Crippen LogP) is 3.48. The lowest BCUT2D eigenvalue weighted by molar-refractivity contribution is -0.136. The molecular formula is C12H8ClF3N2O2. The second kappa shape index (κ2) is 5.24. The molecule has 0 saturated carbocycles. The summed E-state index contributed by atoms with van der Waals surface area (Å²) in [5.41, 5.74) is -1.41. The van der Waals surface area contributed by atoms with Gasteiger partial charge < -0.3 is 4.74 Å². The Labute approximate surface area is 116 Å². The lowest BCUT2D eigenvalue weighted by atomic mass is 10.1. The predicted molar refractivity (Wildman–Crippen MR) is 65.5 cm³/mol. The Balaban J connectivity index is 2.71. The van der Waals surface area contributed by atoms with Gasteiger partial charge in [-0.2, -0.15) is 13.2 Å². The van der Waals surface area contributed by atoms with Crippen LogP contribution in [0.1, 0.15) is 23.1 Å². The van der Waals surface area contributed by atoms with Crippen molar-refractivity contribution in [1.82, 2.24) is 9.97 Å². The molecule has 4 nitrogen and oxygen atoms in total. The summed E-state index contributed by atoms with van der Waals surface area (Å²) in [6.45, 7) is 1.61. The van der Waals surface area contributed by atoms with Gasteiger partial charge >= 0.3 is 12.1 Å². The molecule has 0 bridgehead atoms. The summed E-state index contributed by atoms with van der Waals surface area (Å²) in [6, 6.07) is 3.41.